The first kappa shape index (κ1) is 16.2. The van der Waals surface area contributed by atoms with E-state index in [9.17, 15) is 4.79 Å². The summed E-state index contributed by atoms with van der Waals surface area (Å²) in [6.45, 7) is 6.73. The summed E-state index contributed by atoms with van der Waals surface area (Å²) in [7, 11) is 0. The van der Waals surface area contributed by atoms with Crippen LogP contribution in [0.4, 0.5) is 0 Å². The summed E-state index contributed by atoms with van der Waals surface area (Å²) in [6, 6.07) is 16.1. The molecule has 0 saturated heterocycles. The van der Waals surface area contributed by atoms with Gasteiger partial charge >= 0.3 is 0 Å². The van der Waals surface area contributed by atoms with E-state index in [0.717, 1.165) is 5.56 Å². The predicted molar refractivity (Wildman–Crippen MR) is 91.9 cm³/mol. The Balaban J connectivity index is 2.21. The van der Waals surface area contributed by atoms with Crippen LogP contribution in [-0.2, 0) is 0 Å². The number of hydrogen-bond acceptors (Lipinski definition) is 2. The Kier molecular flexibility index (Phi) is 5.34. The van der Waals surface area contributed by atoms with Crippen molar-refractivity contribution >= 4 is 5.91 Å². The Morgan fingerprint density at radius 1 is 1.05 bits per heavy atom. The van der Waals surface area contributed by atoms with Crippen molar-refractivity contribution in [2.24, 2.45) is 5.73 Å². The van der Waals surface area contributed by atoms with Gasteiger partial charge in [-0.25, -0.2) is 0 Å². The van der Waals surface area contributed by atoms with Gasteiger partial charge in [-0.1, -0.05) is 50.2 Å². The fourth-order valence-corrected chi connectivity index (χ4v) is 2.42. The summed E-state index contributed by atoms with van der Waals surface area (Å²) in [5.41, 5.74) is 9.98. The van der Waals surface area contributed by atoms with E-state index in [1.54, 1.807) is 0 Å². The lowest BCUT2D eigenvalue weighted by Gasteiger charge is -2.13. The van der Waals surface area contributed by atoms with Crippen LogP contribution in [0.3, 0.4) is 0 Å². The van der Waals surface area contributed by atoms with Gasteiger partial charge < -0.3 is 11.1 Å². The molecule has 3 N–H and O–H groups in total. The lowest BCUT2D eigenvalue weighted by atomic mass is 9.92. The molecule has 0 fully saturated rings. The van der Waals surface area contributed by atoms with Crippen molar-refractivity contribution in [3.63, 3.8) is 0 Å². The highest BCUT2D eigenvalue weighted by molar-refractivity contribution is 5.94. The number of benzene rings is 2. The van der Waals surface area contributed by atoms with E-state index >= 15 is 0 Å². The van der Waals surface area contributed by atoms with Crippen molar-refractivity contribution in [3.8, 4) is 11.1 Å². The van der Waals surface area contributed by atoms with Crippen LogP contribution >= 0.6 is 0 Å². The number of carbonyl (C=O) groups excluding carboxylic acids is 1. The average Bonchev–Trinajstić information content (AvgIpc) is 2.52. The molecule has 3 heteroatoms. The van der Waals surface area contributed by atoms with Gasteiger partial charge in [0.05, 0.1) is 0 Å². The molecule has 3 nitrogen and oxygen atoms in total. The fraction of sp³-hybridized carbons (Fsp3) is 0.316. The third-order valence-corrected chi connectivity index (χ3v) is 3.63. The molecule has 0 aliphatic rings. The molecule has 0 aliphatic carbocycles. The molecule has 22 heavy (non-hydrogen) atoms. The van der Waals surface area contributed by atoms with E-state index < -0.39 is 0 Å². The van der Waals surface area contributed by atoms with Crippen LogP contribution in [0.25, 0.3) is 11.1 Å². The lowest BCUT2D eigenvalue weighted by molar-refractivity contribution is 0.0951. The number of carbonyl (C=O) groups is 1. The van der Waals surface area contributed by atoms with E-state index in [-0.39, 0.29) is 11.9 Å². The van der Waals surface area contributed by atoms with Gasteiger partial charge in [0.15, 0.2) is 0 Å². The molecule has 116 valence electrons. The Hall–Kier alpha value is -2.13. The molecule has 0 heterocycles. The van der Waals surface area contributed by atoms with Gasteiger partial charge in [-0.3, -0.25) is 4.79 Å². The quantitative estimate of drug-likeness (QED) is 0.886. The van der Waals surface area contributed by atoms with E-state index in [2.05, 4.69) is 37.4 Å². The summed E-state index contributed by atoms with van der Waals surface area (Å²) >= 11 is 0. The first-order valence-electron chi connectivity index (χ1n) is 7.72. The average molecular weight is 296 g/mol. The second-order valence-electron chi connectivity index (χ2n) is 6.01. The lowest BCUT2D eigenvalue weighted by Crippen LogP contribution is -2.35. The van der Waals surface area contributed by atoms with Crippen molar-refractivity contribution in [2.75, 3.05) is 6.54 Å². The molecule has 2 aromatic rings. The van der Waals surface area contributed by atoms with E-state index in [1.165, 1.54) is 11.1 Å². The molecule has 0 aliphatic heterocycles. The van der Waals surface area contributed by atoms with Crippen molar-refractivity contribution in [3.05, 3.63) is 59.7 Å². The maximum Gasteiger partial charge on any atom is 0.251 e. The molecule has 0 unspecified atom stereocenters. The Morgan fingerprint density at radius 2 is 1.68 bits per heavy atom. The largest absolute Gasteiger partial charge is 0.350 e. The molecule has 1 atom stereocenters. The third kappa shape index (κ3) is 3.95. The second kappa shape index (κ2) is 7.23. The summed E-state index contributed by atoms with van der Waals surface area (Å²) in [4.78, 5) is 12.0. The highest BCUT2D eigenvalue weighted by atomic mass is 16.1. The molecule has 0 radical (unpaired) electrons. The van der Waals surface area contributed by atoms with Gasteiger partial charge in [0.1, 0.15) is 0 Å². The zero-order valence-corrected chi connectivity index (χ0v) is 13.5. The highest BCUT2D eigenvalue weighted by Gasteiger charge is 2.10. The summed E-state index contributed by atoms with van der Waals surface area (Å²) in [6.07, 6.45) is 0. The summed E-state index contributed by atoms with van der Waals surface area (Å²) in [5.74, 6) is 0.381. The van der Waals surface area contributed by atoms with Crippen LogP contribution in [0, 0.1) is 0 Å². The Morgan fingerprint density at radius 3 is 2.27 bits per heavy atom. The van der Waals surface area contributed by atoms with Gasteiger partial charge in [-0.2, -0.15) is 0 Å². The standard InChI is InChI=1S/C19H24N2O/c1-13(2)17-6-4-5-7-18(17)15-8-10-16(11-9-15)19(22)21-12-14(3)20/h4-11,13-14H,12,20H2,1-3H3,(H,21,22)/t14-/m0/s1. The van der Waals surface area contributed by atoms with E-state index in [0.29, 0.717) is 18.0 Å². The number of nitrogens with one attached hydrogen (secondary N) is 1. The first-order valence-corrected chi connectivity index (χ1v) is 7.72. The Bertz CT molecular complexity index is 630. The monoisotopic (exact) mass is 296 g/mol. The van der Waals surface area contributed by atoms with Crippen LogP contribution < -0.4 is 11.1 Å². The van der Waals surface area contributed by atoms with Gasteiger partial charge in [-0.15, -0.1) is 0 Å². The number of rotatable bonds is 5. The molecule has 2 rings (SSSR count). The Labute approximate surface area is 132 Å². The first-order chi connectivity index (χ1) is 10.5. The minimum absolute atomic E-state index is 0.0406. The zero-order valence-electron chi connectivity index (χ0n) is 13.5. The SMILES string of the molecule is CC(C)c1ccccc1-c1ccc(C(=O)NC[C@H](C)N)cc1. The minimum atomic E-state index is -0.0824. The van der Waals surface area contributed by atoms with Crippen LogP contribution in [0.5, 0.6) is 0 Å². The van der Waals surface area contributed by atoms with E-state index in [4.69, 9.17) is 5.73 Å². The van der Waals surface area contributed by atoms with Crippen LogP contribution in [0.2, 0.25) is 0 Å². The number of nitrogens with two attached hydrogens (primary N) is 1. The van der Waals surface area contributed by atoms with Crippen molar-refractivity contribution in [1.82, 2.24) is 5.32 Å². The highest BCUT2D eigenvalue weighted by Crippen LogP contribution is 2.29. The molecule has 0 aromatic heterocycles. The predicted octanol–water partition coefficient (Wildman–Crippen LogP) is 3.55. The van der Waals surface area contributed by atoms with Crippen LogP contribution in [0.15, 0.2) is 48.5 Å². The molecular weight excluding hydrogens is 272 g/mol. The zero-order chi connectivity index (χ0) is 16.1. The molecule has 0 bridgehead atoms. The normalized spacial score (nSPS) is 12.2. The smallest absolute Gasteiger partial charge is 0.251 e. The fourth-order valence-electron chi connectivity index (χ4n) is 2.42. The van der Waals surface area contributed by atoms with E-state index in [1.807, 2.05) is 37.3 Å². The van der Waals surface area contributed by atoms with Gasteiger partial charge in [-0.05, 0) is 41.7 Å². The molecule has 2 aromatic carbocycles. The third-order valence-electron chi connectivity index (χ3n) is 3.63. The molecular formula is C19H24N2O. The van der Waals surface area contributed by atoms with Gasteiger partial charge in [0.2, 0.25) is 0 Å². The van der Waals surface area contributed by atoms with Crippen LogP contribution in [-0.4, -0.2) is 18.5 Å². The van der Waals surface area contributed by atoms with Crippen molar-refractivity contribution < 1.29 is 4.79 Å². The summed E-state index contributed by atoms with van der Waals surface area (Å²) < 4.78 is 0. The molecule has 0 saturated carbocycles. The van der Waals surface area contributed by atoms with Crippen molar-refractivity contribution in [2.45, 2.75) is 32.7 Å². The molecule has 1 amide bonds. The topological polar surface area (TPSA) is 55.1 Å². The maximum atomic E-state index is 12.0. The van der Waals surface area contributed by atoms with Crippen molar-refractivity contribution in [1.29, 1.82) is 0 Å². The van der Waals surface area contributed by atoms with Crippen LogP contribution in [0.1, 0.15) is 42.6 Å². The maximum absolute atomic E-state index is 12.0. The second-order valence-corrected chi connectivity index (χ2v) is 6.01. The van der Waals surface area contributed by atoms with Gasteiger partial charge in [0, 0.05) is 18.2 Å². The minimum Gasteiger partial charge on any atom is -0.350 e. The van der Waals surface area contributed by atoms with Gasteiger partial charge in [0.25, 0.3) is 5.91 Å². The summed E-state index contributed by atoms with van der Waals surface area (Å²) in [5, 5.41) is 2.82. The number of hydrogen-bond donors (Lipinski definition) is 2. The molecule has 0 spiro atoms. The number of amides is 1.